The van der Waals surface area contributed by atoms with Gasteiger partial charge in [-0.1, -0.05) is 10.3 Å². The molecule has 0 aromatic carbocycles. The Morgan fingerprint density at radius 1 is 1.18 bits per heavy atom. The zero-order chi connectivity index (χ0) is 19.9. The number of sulfonamides is 1. The van der Waals surface area contributed by atoms with Gasteiger partial charge in [0.25, 0.3) is 5.89 Å². The van der Waals surface area contributed by atoms with Crippen molar-refractivity contribution in [2.75, 3.05) is 13.1 Å². The number of aromatic nitrogens is 4. The quantitative estimate of drug-likeness (QED) is 0.647. The first kappa shape index (κ1) is 18.7. The summed E-state index contributed by atoms with van der Waals surface area (Å²) in [6.07, 6.45) is 3.52. The maximum atomic E-state index is 15.7. The minimum atomic E-state index is -3.97. The van der Waals surface area contributed by atoms with Crippen LogP contribution >= 0.6 is 0 Å². The van der Waals surface area contributed by atoms with E-state index in [-0.39, 0.29) is 41.0 Å². The van der Waals surface area contributed by atoms with Crippen LogP contribution in [0.2, 0.25) is 0 Å². The standard InChI is InChI=1S/C17H18FN5O4S/c1-11-14(12(2)26-21-11)28(24,25)23-9-3-6-17(18,10-23)16-20-15(22-27-16)13-4-7-19-8-5-13/h4-5,7-8H,3,6,9-10H2,1-2H3. The van der Waals surface area contributed by atoms with E-state index in [2.05, 4.69) is 20.3 Å². The fourth-order valence-corrected chi connectivity index (χ4v) is 5.16. The van der Waals surface area contributed by atoms with Gasteiger partial charge in [-0.25, -0.2) is 12.8 Å². The van der Waals surface area contributed by atoms with E-state index in [0.717, 1.165) is 4.31 Å². The third kappa shape index (κ3) is 3.10. The minimum absolute atomic E-state index is 0.0280. The molecule has 1 aliphatic heterocycles. The van der Waals surface area contributed by atoms with Crippen LogP contribution in [0.4, 0.5) is 4.39 Å². The average molecular weight is 407 g/mol. The lowest BCUT2D eigenvalue weighted by Gasteiger charge is -2.34. The zero-order valence-corrected chi connectivity index (χ0v) is 16.1. The van der Waals surface area contributed by atoms with Crippen molar-refractivity contribution >= 4 is 10.0 Å². The topological polar surface area (TPSA) is 115 Å². The Balaban J connectivity index is 1.64. The molecular weight excluding hydrogens is 389 g/mol. The average Bonchev–Trinajstić information content (AvgIpc) is 3.30. The fraction of sp³-hybridized carbons (Fsp3) is 0.412. The molecule has 0 N–H and O–H groups in total. The van der Waals surface area contributed by atoms with Gasteiger partial charge in [0.2, 0.25) is 21.5 Å². The second-order valence-electron chi connectivity index (χ2n) is 6.72. The maximum absolute atomic E-state index is 15.7. The fourth-order valence-electron chi connectivity index (χ4n) is 3.35. The second-order valence-corrected chi connectivity index (χ2v) is 8.59. The van der Waals surface area contributed by atoms with Gasteiger partial charge >= 0.3 is 0 Å². The predicted octanol–water partition coefficient (Wildman–Crippen LogP) is 2.39. The number of alkyl halides is 1. The number of pyridine rings is 1. The van der Waals surface area contributed by atoms with E-state index >= 15 is 4.39 Å². The molecular formula is C17H18FN5O4S. The number of hydrogen-bond acceptors (Lipinski definition) is 8. The van der Waals surface area contributed by atoms with Crippen molar-refractivity contribution < 1.29 is 21.9 Å². The van der Waals surface area contributed by atoms with Crippen LogP contribution in [0.25, 0.3) is 11.4 Å². The molecule has 0 aliphatic carbocycles. The van der Waals surface area contributed by atoms with Crippen molar-refractivity contribution in [2.45, 2.75) is 37.3 Å². The lowest BCUT2D eigenvalue weighted by Crippen LogP contribution is -2.46. The summed E-state index contributed by atoms with van der Waals surface area (Å²) in [7, 11) is -3.97. The largest absolute Gasteiger partial charge is 0.360 e. The first-order valence-electron chi connectivity index (χ1n) is 8.68. The highest BCUT2D eigenvalue weighted by molar-refractivity contribution is 7.89. The lowest BCUT2D eigenvalue weighted by molar-refractivity contribution is 0.0469. The molecule has 1 unspecified atom stereocenters. The molecule has 11 heteroatoms. The van der Waals surface area contributed by atoms with Gasteiger partial charge in [0.05, 0.1) is 6.54 Å². The van der Waals surface area contributed by atoms with Crippen molar-refractivity contribution in [3.8, 4) is 11.4 Å². The van der Waals surface area contributed by atoms with Crippen LogP contribution in [0.5, 0.6) is 0 Å². The first-order valence-corrected chi connectivity index (χ1v) is 10.1. The van der Waals surface area contributed by atoms with Crippen LogP contribution in [0.15, 0.2) is 38.5 Å². The van der Waals surface area contributed by atoms with Crippen LogP contribution in [0.3, 0.4) is 0 Å². The van der Waals surface area contributed by atoms with E-state index in [9.17, 15) is 8.42 Å². The molecule has 4 rings (SSSR count). The van der Waals surface area contributed by atoms with E-state index in [4.69, 9.17) is 9.05 Å². The molecule has 28 heavy (non-hydrogen) atoms. The van der Waals surface area contributed by atoms with Gasteiger partial charge in [-0.3, -0.25) is 4.98 Å². The van der Waals surface area contributed by atoms with Crippen LogP contribution < -0.4 is 0 Å². The van der Waals surface area contributed by atoms with E-state index in [0.29, 0.717) is 12.0 Å². The van der Waals surface area contributed by atoms with E-state index in [1.165, 1.54) is 13.8 Å². The molecule has 1 atom stereocenters. The molecule has 0 bridgehead atoms. The zero-order valence-electron chi connectivity index (χ0n) is 15.3. The molecule has 9 nitrogen and oxygen atoms in total. The van der Waals surface area contributed by atoms with E-state index in [1.54, 1.807) is 24.5 Å². The van der Waals surface area contributed by atoms with Gasteiger partial charge in [0.1, 0.15) is 10.6 Å². The summed E-state index contributed by atoms with van der Waals surface area (Å²) in [5, 5.41) is 7.51. The summed E-state index contributed by atoms with van der Waals surface area (Å²) in [6, 6.07) is 3.35. The monoisotopic (exact) mass is 407 g/mol. The van der Waals surface area contributed by atoms with Crippen molar-refractivity contribution in [3.63, 3.8) is 0 Å². The Hall–Kier alpha value is -2.66. The van der Waals surface area contributed by atoms with Crippen LogP contribution in [-0.4, -0.2) is 46.1 Å². The molecule has 0 radical (unpaired) electrons. The first-order chi connectivity index (χ1) is 13.3. The van der Waals surface area contributed by atoms with Gasteiger partial charge in [-0.15, -0.1) is 0 Å². The lowest BCUT2D eigenvalue weighted by atomic mass is 9.96. The number of nitrogens with zero attached hydrogens (tertiary/aromatic N) is 5. The Morgan fingerprint density at radius 2 is 1.93 bits per heavy atom. The van der Waals surface area contributed by atoms with Crippen molar-refractivity contribution in [1.29, 1.82) is 0 Å². The molecule has 0 spiro atoms. The van der Waals surface area contributed by atoms with Crippen LogP contribution in [0.1, 0.15) is 30.2 Å². The molecule has 0 saturated carbocycles. The molecule has 148 valence electrons. The molecule has 1 aliphatic rings. The maximum Gasteiger partial charge on any atom is 0.266 e. The summed E-state index contributed by atoms with van der Waals surface area (Å²) in [6.45, 7) is 2.81. The normalized spacial score (nSPS) is 21.1. The van der Waals surface area contributed by atoms with Crippen molar-refractivity contribution in [1.82, 2.24) is 24.6 Å². The summed E-state index contributed by atoms with van der Waals surface area (Å²) in [4.78, 5) is 8.04. The highest BCUT2D eigenvalue weighted by Crippen LogP contribution is 2.38. The summed E-state index contributed by atoms with van der Waals surface area (Å²) in [5.41, 5.74) is -1.21. The Labute approximate surface area is 160 Å². The number of aryl methyl sites for hydroxylation is 2. The number of hydrogen-bond donors (Lipinski definition) is 0. The predicted molar refractivity (Wildman–Crippen MR) is 94.3 cm³/mol. The third-order valence-electron chi connectivity index (χ3n) is 4.72. The third-order valence-corrected chi connectivity index (χ3v) is 6.81. The van der Waals surface area contributed by atoms with Gasteiger partial charge < -0.3 is 9.05 Å². The molecule has 4 heterocycles. The Kier molecular flexibility index (Phi) is 4.50. The van der Waals surface area contributed by atoms with E-state index < -0.39 is 22.2 Å². The van der Waals surface area contributed by atoms with Crippen molar-refractivity contribution in [2.24, 2.45) is 0 Å². The molecule has 1 fully saturated rings. The van der Waals surface area contributed by atoms with Gasteiger partial charge in [0.15, 0.2) is 5.76 Å². The number of piperidine rings is 1. The van der Waals surface area contributed by atoms with Gasteiger partial charge in [-0.05, 0) is 38.8 Å². The van der Waals surface area contributed by atoms with Gasteiger partial charge in [0, 0.05) is 24.5 Å². The van der Waals surface area contributed by atoms with Gasteiger partial charge in [-0.2, -0.15) is 9.29 Å². The summed E-state index contributed by atoms with van der Waals surface area (Å²) in [5.74, 6) is 0.156. The molecule has 3 aromatic rings. The van der Waals surface area contributed by atoms with Crippen molar-refractivity contribution in [3.05, 3.63) is 41.9 Å². The second kappa shape index (κ2) is 6.74. The summed E-state index contributed by atoms with van der Waals surface area (Å²) < 4.78 is 52.9. The smallest absolute Gasteiger partial charge is 0.266 e. The molecule has 1 saturated heterocycles. The number of rotatable bonds is 4. The highest BCUT2D eigenvalue weighted by Gasteiger charge is 2.46. The summed E-state index contributed by atoms with van der Waals surface area (Å²) >= 11 is 0. The van der Waals surface area contributed by atoms with Crippen LogP contribution in [-0.2, 0) is 15.7 Å². The highest BCUT2D eigenvalue weighted by atomic mass is 32.2. The molecule has 0 amide bonds. The number of halogens is 1. The SMILES string of the molecule is Cc1noc(C)c1S(=O)(=O)N1CCCC(F)(c2nc(-c3ccncc3)no2)C1. The minimum Gasteiger partial charge on any atom is -0.360 e. The Bertz CT molecular complexity index is 1080. The Morgan fingerprint density at radius 3 is 2.61 bits per heavy atom. The van der Waals surface area contributed by atoms with Crippen LogP contribution in [0, 0.1) is 13.8 Å². The van der Waals surface area contributed by atoms with E-state index in [1.807, 2.05) is 0 Å². The molecule has 3 aromatic heterocycles.